The Morgan fingerprint density at radius 1 is 0.941 bits per heavy atom. The average Bonchev–Trinajstić information content (AvgIpc) is 3.24. The van der Waals surface area contributed by atoms with Crippen LogP contribution >= 0.6 is 23.4 Å². The molecule has 0 aliphatic heterocycles. The summed E-state index contributed by atoms with van der Waals surface area (Å²) in [5.74, 6) is 2.45. The highest BCUT2D eigenvalue weighted by Gasteiger charge is 2.11. The monoisotopic (exact) mass is 490 g/mol. The Kier molecular flexibility index (Phi) is 8.39. The van der Waals surface area contributed by atoms with Gasteiger partial charge in [-0.05, 0) is 66.4 Å². The van der Waals surface area contributed by atoms with Gasteiger partial charge >= 0.3 is 0 Å². The van der Waals surface area contributed by atoms with Crippen LogP contribution in [0.15, 0.2) is 83.1 Å². The highest BCUT2D eigenvalue weighted by Crippen LogP contribution is 2.23. The van der Waals surface area contributed by atoms with Crippen LogP contribution in [0.4, 0.5) is 0 Å². The molecule has 0 bridgehead atoms. The summed E-state index contributed by atoms with van der Waals surface area (Å²) in [5.41, 5.74) is 4.55. The zero-order valence-electron chi connectivity index (χ0n) is 19.3. The lowest BCUT2D eigenvalue weighted by Crippen LogP contribution is -2.00. The molecular formula is C27H27ClN4OS. The highest BCUT2D eigenvalue weighted by molar-refractivity contribution is 7.98. The fourth-order valence-corrected chi connectivity index (χ4v) is 4.22. The number of benzene rings is 3. The van der Waals surface area contributed by atoms with Crippen LogP contribution < -0.4 is 4.74 Å². The number of ether oxygens (including phenoxy) is 1. The van der Waals surface area contributed by atoms with Crippen molar-refractivity contribution in [2.75, 3.05) is 0 Å². The van der Waals surface area contributed by atoms with Crippen molar-refractivity contribution < 1.29 is 4.74 Å². The first-order valence-electron chi connectivity index (χ1n) is 11.2. The van der Waals surface area contributed by atoms with E-state index in [9.17, 15) is 0 Å². The third kappa shape index (κ3) is 6.72. The second-order valence-electron chi connectivity index (χ2n) is 7.96. The van der Waals surface area contributed by atoms with Crippen LogP contribution in [-0.4, -0.2) is 21.1 Å². The Morgan fingerprint density at radius 3 is 2.35 bits per heavy atom. The van der Waals surface area contributed by atoms with E-state index in [0.717, 1.165) is 51.5 Å². The van der Waals surface area contributed by atoms with Gasteiger partial charge in [-0.15, -0.1) is 10.2 Å². The van der Waals surface area contributed by atoms with Gasteiger partial charge in [0, 0.05) is 17.2 Å². The van der Waals surface area contributed by atoms with E-state index in [-0.39, 0.29) is 0 Å². The van der Waals surface area contributed by atoms with Gasteiger partial charge in [-0.1, -0.05) is 72.2 Å². The van der Waals surface area contributed by atoms with Crippen LogP contribution in [0.3, 0.4) is 0 Å². The van der Waals surface area contributed by atoms with Gasteiger partial charge < -0.3 is 4.74 Å². The highest BCUT2D eigenvalue weighted by atomic mass is 35.5. The molecule has 0 atom stereocenters. The number of aromatic nitrogens is 3. The van der Waals surface area contributed by atoms with Gasteiger partial charge in [0.15, 0.2) is 5.82 Å². The molecule has 0 N–H and O–H groups in total. The molecule has 0 aliphatic carbocycles. The number of hydrogen-bond donors (Lipinski definition) is 0. The first kappa shape index (κ1) is 24.0. The largest absolute Gasteiger partial charge is 0.489 e. The number of halogens is 1. The van der Waals surface area contributed by atoms with Crippen LogP contribution in [0.2, 0.25) is 5.02 Å². The van der Waals surface area contributed by atoms with Gasteiger partial charge in [-0.2, -0.15) is 9.78 Å². The van der Waals surface area contributed by atoms with Crippen molar-refractivity contribution in [3.8, 4) is 5.75 Å². The Morgan fingerprint density at radius 2 is 1.65 bits per heavy atom. The molecule has 0 fully saturated rings. The van der Waals surface area contributed by atoms with Gasteiger partial charge in [0.25, 0.3) is 0 Å². The maximum Gasteiger partial charge on any atom is 0.212 e. The smallest absolute Gasteiger partial charge is 0.212 e. The molecule has 0 unspecified atom stereocenters. The molecule has 7 heteroatoms. The number of thioether (sulfide) groups is 1. The molecule has 4 rings (SSSR count). The lowest BCUT2D eigenvalue weighted by Gasteiger charge is -2.07. The summed E-state index contributed by atoms with van der Waals surface area (Å²) in [5, 5.41) is 14.9. The topological polar surface area (TPSA) is 52.3 Å². The number of nitrogens with zero attached hydrogens (tertiary/aromatic N) is 4. The molecular weight excluding hydrogens is 464 g/mol. The van der Waals surface area contributed by atoms with Crippen LogP contribution in [0, 0.1) is 6.92 Å². The van der Waals surface area contributed by atoms with Gasteiger partial charge in [0.2, 0.25) is 5.16 Å². The Hall–Kier alpha value is -3.09. The van der Waals surface area contributed by atoms with Crippen molar-refractivity contribution in [2.45, 2.75) is 44.2 Å². The molecule has 1 heterocycles. The van der Waals surface area contributed by atoms with E-state index in [1.807, 2.05) is 59.4 Å². The van der Waals surface area contributed by atoms with Crippen LogP contribution in [-0.2, 0) is 18.8 Å². The summed E-state index contributed by atoms with van der Waals surface area (Å²) in [6.45, 7) is 4.75. The van der Waals surface area contributed by atoms with E-state index < -0.39 is 0 Å². The van der Waals surface area contributed by atoms with Crippen LogP contribution in [0.25, 0.3) is 0 Å². The van der Waals surface area contributed by atoms with Gasteiger partial charge in [0.1, 0.15) is 12.4 Å². The van der Waals surface area contributed by atoms with E-state index in [1.54, 1.807) is 11.8 Å². The normalized spacial score (nSPS) is 11.3. The third-order valence-electron chi connectivity index (χ3n) is 5.16. The molecule has 0 aliphatic rings. The standard InChI is InChI=1S/C27H27ClN4OS/c1-3-4-26-30-31-27(34-19-23-9-13-24(28)14-10-23)32(26)29-17-21-11-15-25(16-12-21)33-18-22-7-5-20(2)6-8-22/h5-17H,3-4,18-19H2,1-2H3/b29-17-. The molecule has 3 aromatic carbocycles. The van der Waals surface area contributed by atoms with Crippen molar-refractivity contribution in [1.82, 2.24) is 14.9 Å². The molecule has 0 amide bonds. The minimum absolute atomic E-state index is 0.545. The van der Waals surface area contributed by atoms with E-state index >= 15 is 0 Å². The van der Waals surface area contributed by atoms with Crippen LogP contribution in [0.1, 0.15) is 41.4 Å². The molecule has 174 valence electrons. The van der Waals surface area contributed by atoms with Crippen molar-refractivity contribution >= 4 is 29.6 Å². The third-order valence-corrected chi connectivity index (χ3v) is 6.40. The second-order valence-corrected chi connectivity index (χ2v) is 9.34. The van der Waals surface area contributed by atoms with E-state index in [2.05, 4.69) is 48.3 Å². The molecule has 34 heavy (non-hydrogen) atoms. The summed E-state index contributed by atoms with van der Waals surface area (Å²) in [4.78, 5) is 0. The van der Waals surface area contributed by atoms with Crippen LogP contribution in [0.5, 0.6) is 5.75 Å². The summed E-state index contributed by atoms with van der Waals surface area (Å²) < 4.78 is 7.75. The number of rotatable bonds is 10. The predicted molar refractivity (Wildman–Crippen MR) is 140 cm³/mol. The fourth-order valence-electron chi connectivity index (χ4n) is 3.24. The Bertz CT molecular complexity index is 1220. The van der Waals surface area contributed by atoms with Crippen molar-refractivity contribution in [1.29, 1.82) is 0 Å². The van der Waals surface area contributed by atoms with Crippen molar-refractivity contribution in [2.24, 2.45) is 5.10 Å². The van der Waals surface area contributed by atoms with Crippen molar-refractivity contribution in [3.05, 3.63) is 106 Å². The summed E-state index contributed by atoms with van der Waals surface area (Å²) in [6, 6.07) is 24.1. The minimum Gasteiger partial charge on any atom is -0.489 e. The van der Waals surface area contributed by atoms with Gasteiger partial charge in [0.05, 0.1) is 6.21 Å². The quantitative estimate of drug-likeness (QED) is 0.178. The van der Waals surface area contributed by atoms with E-state index in [1.165, 1.54) is 11.1 Å². The molecule has 0 saturated heterocycles. The number of hydrogen-bond acceptors (Lipinski definition) is 5. The van der Waals surface area contributed by atoms with E-state index in [4.69, 9.17) is 21.4 Å². The molecule has 0 radical (unpaired) electrons. The number of aryl methyl sites for hydroxylation is 2. The molecule has 0 saturated carbocycles. The minimum atomic E-state index is 0.545. The Labute approximate surface area is 209 Å². The first-order chi connectivity index (χ1) is 16.6. The maximum atomic E-state index is 5.99. The molecule has 4 aromatic rings. The summed E-state index contributed by atoms with van der Waals surface area (Å²) >= 11 is 7.60. The molecule has 1 aromatic heterocycles. The van der Waals surface area contributed by atoms with Crippen molar-refractivity contribution in [3.63, 3.8) is 0 Å². The molecule has 0 spiro atoms. The lowest BCUT2D eigenvalue weighted by atomic mass is 10.2. The first-order valence-corrected chi connectivity index (χ1v) is 12.6. The Balaban J connectivity index is 1.41. The van der Waals surface area contributed by atoms with Gasteiger partial charge in [-0.3, -0.25) is 0 Å². The summed E-state index contributed by atoms with van der Waals surface area (Å²) in [7, 11) is 0. The van der Waals surface area contributed by atoms with Gasteiger partial charge in [-0.25, -0.2) is 0 Å². The zero-order chi connectivity index (χ0) is 23.8. The SMILES string of the molecule is CCCc1nnc(SCc2ccc(Cl)cc2)n1/N=C\c1ccc(OCc2ccc(C)cc2)cc1. The molecule has 5 nitrogen and oxygen atoms in total. The second kappa shape index (κ2) is 11.9. The lowest BCUT2D eigenvalue weighted by molar-refractivity contribution is 0.306. The predicted octanol–water partition coefficient (Wildman–Crippen LogP) is 6.95. The summed E-state index contributed by atoms with van der Waals surface area (Å²) in [6.07, 6.45) is 3.62. The fraction of sp³-hybridized carbons (Fsp3) is 0.222. The zero-order valence-corrected chi connectivity index (χ0v) is 20.9. The van der Waals surface area contributed by atoms with E-state index in [0.29, 0.717) is 6.61 Å². The average molecular weight is 491 g/mol. The maximum absolute atomic E-state index is 5.99.